The van der Waals surface area contributed by atoms with Crippen LogP contribution in [0.2, 0.25) is 0 Å². The number of hydrogen-bond donors (Lipinski definition) is 0. The van der Waals surface area contributed by atoms with E-state index in [0.717, 1.165) is 30.8 Å². The number of rotatable bonds is 5. The number of nitrogens with zero attached hydrogens (tertiary/aromatic N) is 4. The Morgan fingerprint density at radius 2 is 1.89 bits per heavy atom. The van der Waals surface area contributed by atoms with Gasteiger partial charge in [0.15, 0.2) is 17.4 Å². The van der Waals surface area contributed by atoms with Gasteiger partial charge in [-0.1, -0.05) is 0 Å². The lowest BCUT2D eigenvalue weighted by molar-refractivity contribution is -0.141. The second-order valence-electron chi connectivity index (χ2n) is 8.25. The summed E-state index contributed by atoms with van der Waals surface area (Å²) in [5, 5.41) is 0. The predicted octanol–water partition coefficient (Wildman–Crippen LogP) is 3.92. The first-order valence-corrected chi connectivity index (χ1v) is 11.0. The molecule has 1 aromatic carbocycles. The molecule has 190 valence electrons. The number of aromatic nitrogens is 3. The number of fused-ring (bicyclic) bond motifs is 3. The van der Waals surface area contributed by atoms with E-state index in [1.807, 2.05) is 0 Å². The zero-order valence-electron chi connectivity index (χ0n) is 18.6. The predicted molar refractivity (Wildman–Crippen MR) is 115 cm³/mol. The van der Waals surface area contributed by atoms with Crippen LogP contribution >= 0.6 is 0 Å². The average molecular weight is 510 g/mol. The lowest BCUT2D eigenvalue weighted by Gasteiger charge is -2.41. The monoisotopic (exact) mass is 510 g/mol. The molecule has 0 N–H and O–H groups in total. The number of halogens is 5. The minimum atomic E-state index is -4.74. The maximum absolute atomic E-state index is 14.6. The third kappa shape index (κ3) is 4.83. The van der Waals surface area contributed by atoms with E-state index in [4.69, 9.17) is 14.2 Å². The van der Waals surface area contributed by atoms with Crippen LogP contribution in [0.3, 0.4) is 0 Å². The highest BCUT2D eigenvalue weighted by Crippen LogP contribution is 2.33. The zero-order chi connectivity index (χ0) is 25.4. The van der Waals surface area contributed by atoms with Gasteiger partial charge in [0.05, 0.1) is 19.3 Å². The fourth-order valence-corrected chi connectivity index (χ4v) is 4.17. The van der Waals surface area contributed by atoms with Crippen LogP contribution in [0.4, 0.5) is 27.8 Å². The molecule has 4 heterocycles. The summed E-state index contributed by atoms with van der Waals surface area (Å²) in [6, 6.07) is 5.17. The van der Waals surface area contributed by atoms with Gasteiger partial charge >= 0.3 is 11.9 Å². The molecule has 1 fully saturated rings. The van der Waals surface area contributed by atoms with Crippen LogP contribution in [0.15, 0.2) is 41.3 Å². The first-order valence-electron chi connectivity index (χ1n) is 11.0. The van der Waals surface area contributed by atoms with E-state index in [1.165, 1.54) is 0 Å². The van der Waals surface area contributed by atoms with Crippen LogP contribution in [-0.4, -0.2) is 40.3 Å². The van der Waals surface area contributed by atoms with Crippen molar-refractivity contribution in [2.24, 2.45) is 0 Å². The van der Waals surface area contributed by atoms with E-state index in [2.05, 4.69) is 14.9 Å². The summed E-state index contributed by atoms with van der Waals surface area (Å²) in [4.78, 5) is 21.6. The molecule has 0 aliphatic carbocycles. The zero-order valence-corrected chi connectivity index (χ0v) is 18.6. The maximum Gasteiger partial charge on any atom is 0.433 e. The van der Waals surface area contributed by atoms with Crippen LogP contribution in [-0.2, 0) is 24.1 Å². The van der Waals surface area contributed by atoms with Crippen LogP contribution in [0.25, 0.3) is 0 Å². The van der Waals surface area contributed by atoms with Crippen molar-refractivity contribution in [3.8, 4) is 17.4 Å². The molecule has 0 amide bonds. The standard InChI is InChI=1S/C23H19F5N4O4/c24-16-7-13(8-17(25)21(16)36-15-1-3-29-18(9-15)23(26,27)28)11-35-19-10-20-31-5-6-34-12-14(31)2-4-32(20)22(33)30-19/h1,3,7-10,14H,2,4-6,11-12H2/t14-/m0/s1. The van der Waals surface area contributed by atoms with Crippen molar-refractivity contribution >= 4 is 5.82 Å². The lowest BCUT2D eigenvalue weighted by atomic mass is 10.1. The fourth-order valence-electron chi connectivity index (χ4n) is 4.17. The Morgan fingerprint density at radius 1 is 1.11 bits per heavy atom. The van der Waals surface area contributed by atoms with Gasteiger partial charge in [-0.05, 0) is 30.2 Å². The van der Waals surface area contributed by atoms with E-state index in [0.29, 0.717) is 38.2 Å². The van der Waals surface area contributed by atoms with Crippen molar-refractivity contribution in [2.45, 2.75) is 31.8 Å². The van der Waals surface area contributed by atoms with Gasteiger partial charge in [-0.15, -0.1) is 0 Å². The third-order valence-corrected chi connectivity index (χ3v) is 5.86. The Morgan fingerprint density at radius 3 is 2.64 bits per heavy atom. The lowest BCUT2D eigenvalue weighted by Crippen LogP contribution is -2.51. The maximum atomic E-state index is 14.6. The number of hydrogen-bond acceptors (Lipinski definition) is 7. The molecule has 0 bridgehead atoms. The number of morpholine rings is 1. The molecule has 13 heteroatoms. The molecule has 5 rings (SSSR count). The molecule has 0 saturated carbocycles. The Balaban J connectivity index is 1.32. The van der Waals surface area contributed by atoms with Crippen molar-refractivity contribution < 1.29 is 36.2 Å². The molecule has 2 aliphatic rings. The largest absolute Gasteiger partial charge is 0.473 e. The van der Waals surface area contributed by atoms with Crippen LogP contribution in [0.5, 0.6) is 17.4 Å². The second-order valence-corrected chi connectivity index (χ2v) is 8.25. The Labute approximate surface area is 200 Å². The summed E-state index contributed by atoms with van der Waals surface area (Å²) in [6.07, 6.45) is -3.17. The summed E-state index contributed by atoms with van der Waals surface area (Å²) in [5.74, 6) is -2.96. The minimum absolute atomic E-state index is 0.00370. The van der Waals surface area contributed by atoms with Gasteiger partial charge in [0, 0.05) is 31.4 Å². The third-order valence-electron chi connectivity index (χ3n) is 5.86. The molecule has 36 heavy (non-hydrogen) atoms. The van der Waals surface area contributed by atoms with Gasteiger partial charge in [0.1, 0.15) is 23.9 Å². The molecule has 8 nitrogen and oxygen atoms in total. The highest BCUT2D eigenvalue weighted by molar-refractivity contribution is 5.45. The van der Waals surface area contributed by atoms with Crippen LogP contribution in [0.1, 0.15) is 17.7 Å². The molecule has 0 spiro atoms. The van der Waals surface area contributed by atoms with Crippen molar-refractivity contribution in [2.75, 3.05) is 24.7 Å². The molecule has 0 radical (unpaired) electrons. The van der Waals surface area contributed by atoms with Gasteiger partial charge in [0.25, 0.3) is 0 Å². The Kier molecular flexibility index (Phi) is 6.24. The van der Waals surface area contributed by atoms with Crippen molar-refractivity contribution in [3.63, 3.8) is 0 Å². The van der Waals surface area contributed by atoms with Crippen molar-refractivity contribution in [1.29, 1.82) is 0 Å². The molecular formula is C23H19F5N4O4. The second kappa shape index (κ2) is 9.37. The van der Waals surface area contributed by atoms with E-state index in [1.54, 1.807) is 10.6 Å². The van der Waals surface area contributed by atoms with E-state index in [9.17, 15) is 26.7 Å². The molecule has 2 aliphatic heterocycles. The summed E-state index contributed by atoms with van der Waals surface area (Å²) in [7, 11) is 0. The SMILES string of the molecule is O=c1nc(OCc2cc(F)c(Oc3ccnc(C(F)(F)F)c3)c(F)c2)cc2n1CC[C@H]1COCCN21. The molecule has 3 aromatic rings. The average Bonchev–Trinajstić information content (AvgIpc) is 2.84. The molecule has 2 aromatic heterocycles. The van der Waals surface area contributed by atoms with Gasteiger partial charge in [-0.2, -0.15) is 18.2 Å². The normalized spacial score (nSPS) is 17.4. The summed E-state index contributed by atoms with van der Waals surface area (Å²) in [6.45, 7) is 1.85. The molecule has 1 saturated heterocycles. The first-order chi connectivity index (χ1) is 17.2. The van der Waals surface area contributed by atoms with E-state index < -0.39 is 40.7 Å². The van der Waals surface area contributed by atoms with Crippen LogP contribution < -0.4 is 20.1 Å². The van der Waals surface area contributed by atoms with Crippen molar-refractivity contribution in [3.05, 3.63) is 69.9 Å². The molecule has 1 atom stereocenters. The fraction of sp³-hybridized carbons (Fsp3) is 0.348. The molecular weight excluding hydrogens is 491 g/mol. The molecule has 0 unspecified atom stereocenters. The number of alkyl halides is 3. The first kappa shape index (κ1) is 24.0. The Hall–Kier alpha value is -3.74. The van der Waals surface area contributed by atoms with Gasteiger partial charge in [0.2, 0.25) is 5.88 Å². The highest BCUT2D eigenvalue weighted by Gasteiger charge is 2.33. The van der Waals surface area contributed by atoms with Gasteiger partial charge in [-0.3, -0.25) is 9.55 Å². The van der Waals surface area contributed by atoms with Crippen molar-refractivity contribution in [1.82, 2.24) is 14.5 Å². The number of anilines is 1. The number of benzene rings is 1. The highest BCUT2D eigenvalue weighted by atomic mass is 19.4. The van der Waals surface area contributed by atoms with Gasteiger partial charge < -0.3 is 19.1 Å². The number of ether oxygens (including phenoxy) is 3. The van der Waals surface area contributed by atoms with E-state index >= 15 is 0 Å². The topological polar surface area (TPSA) is 78.7 Å². The minimum Gasteiger partial charge on any atom is -0.473 e. The number of pyridine rings is 1. The van der Waals surface area contributed by atoms with Gasteiger partial charge in [-0.25, -0.2) is 13.6 Å². The Bertz CT molecular complexity index is 1320. The summed E-state index contributed by atoms with van der Waals surface area (Å²) < 4.78 is 85.3. The summed E-state index contributed by atoms with van der Waals surface area (Å²) >= 11 is 0. The quantitative estimate of drug-likeness (QED) is 0.482. The smallest absolute Gasteiger partial charge is 0.433 e. The summed E-state index contributed by atoms with van der Waals surface area (Å²) in [5.41, 5.74) is -1.70. The van der Waals surface area contributed by atoms with Crippen LogP contribution in [0, 0.1) is 11.6 Å². The van der Waals surface area contributed by atoms with E-state index in [-0.39, 0.29) is 24.1 Å².